The molecule has 28 heavy (non-hydrogen) atoms. The lowest BCUT2D eigenvalue weighted by Crippen LogP contribution is -2.30. The van der Waals surface area contributed by atoms with Crippen molar-refractivity contribution in [1.82, 2.24) is 9.29 Å². The molecule has 0 atom stereocenters. The quantitative estimate of drug-likeness (QED) is 0.655. The van der Waals surface area contributed by atoms with E-state index in [2.05, 4.69) is 10.3 Å². The number of amides is 1. The van der Waals surface area contributed by atoms with Gasteiger partial charge in [-0.2, -0.15) is 4.31 Å². The van der Waals surface area contributed by atoms with E-state index in [0.29, 0.717) is 24.5 Å². The van der Waals surface area contributed by atoms with Crippen molar-refractivity contribution < 1.29 is 13.2 Å². The van der Waals surface area contributed by atoms with E-state index in [1.54, 1.807) is 26.0 Å². The maximum atomic E-state index is 12.9. The van der Waals surface area contributed by atoms with E-state index in [1.165, 1.54) is 10.4 Å². The fourth-order valence-electron chi connectivity index (χ4n) is 3.20. The fourth-order valence-corrected chi connectivity index (χ4v) is 4.77. The summed E-state index contributed by atoms with van der Waals surface area (Å²) >= 11 is 0. The number of H-pyrrole nitrogens is 1. The SMILES string of the molecule is CCN(CC)S(=O)(=O)c1cc(C)c(C)c(NC(=O)c2cc3ccccc3[nH]2)c1. The molecule has 3 rings (SSSR count). The molecule has 0 saturated heterocycles. The molecular formula is C21H25N3O3S. The smallest absolute Gasteiger partial charge is 0.272 e. The normalized spacial score (nSPS) is 11.9. The van der Waals surface area contributed by atoms with E-state index in [-0.39, 0.29) is 10.8 Å². The van der Waals surface area contributed by atoms with Crippen LogP contribution in [0.15, 0.2) is 47.4 Å². The van der Waals surface area contributed by atoms with Gasteiger partial charge in [-0.05, 0) is 49.2 Å². The molecule has 2 aromatic carbocycles. The summed E-state index contributed by atoms with van der Waals surface area (Å²) in [4.78, 5) is 16.0. The molecule has 0 bridgehead atoms. The second kappa shape index (κ2) is 7.77. The number of anilines is 1. The van der Waals surface area contributed by atoms with E-state index in [9.17, 15) is 13.2 Å². The van der Waals surface area contributed by atoms with Gasteiger partial charge in [-0.3, -0.25) is 4.79 Å². The second-order valence-corrected chi connectivity index (χ2v) is 8.66. The third kappa shape index (κ3) is 3.68. The number of aryl methyl sites for hydroxylation is 1. The minimum Gasteiger partial charge on any atom is -0.351 e. The Labute approximate surface area is 165 Å². The van der Waals surface area contributed by atoms with Gasteiger partial charge in [0, 0.05) is 29.7 Å². The molecule has 0 spiro atoms. The van der Waals surface area contributed by atoms with Crippen molar-refractivity contribution in [3.05, 3.63) is 59.3 Å². The summed E-state index contributed by atoms with van der Waals surface area (Å²) in [5.74, 6) is -0.309. The van der Waals surface area contributed by atoms with Crippen molar-refractivity contribution >= 4 is 32.5 Å². The molecule has 2 N–H and O–H groups in total. The number of hydrogen-bond donors (Lipinski definition) is 2. The zero-order chi connectivity index (χ0) is 20.5. The molecule has 0 radical (unpaired) electrons. The first-order valence-corrected chi connectivity index (χ1v) is 10.7. The lowest BCUT2D eigenvalue weighted by Gasteiger charge is -2.20. The highest BCUT2D eigenvalue weighted by Gasteiger charge is 2.23. The molecule has 0 aliphatic rings. The maximum absolute atomic E-state index is 12.9. The molecule has 1 amide bonds. The topological polar surface area (TPSA) is 82.3 Å². The number of sulfonamides is 1. The molecule has 7 heteroatoms. The van der Waals surface area contributed by atoms with Crippen LogP contribution in [0.2, 0.25) is 0 Å². The summed E-state index contributed by atoms with van der Waals surface area (Å²) in [6.07, 6.45) is 0. The van der Waals surface area contributed by atoms with E-state index in [4.69, 9.17) is 0 Å². The number of aromatic nitrogens is 1. The zero-order valence-electron chi connectivity index (χ0n) is 16.5. The number of hydrogen-bond acceptors (Lipinski definition) is 3. The van der Waals surface area contributed by atoms with Gasteiger partial charge < -0.3 is 10.3 Å². The van der Waals surface area contributed by atoms with Crippen molar-refractivity contribution in [2.75, 3.05) is 18.4 Å². The maximum Gasteiger partial charge on any atom is 0.272 e. The molecule has 3 aromatic rings. The Morgan fingerprint density at radius 1 is 1.07 bits per heavy atom. The molecule has 0 unspecified atom stereocenters. The highest BCUT2D eigenvalue weighted by atomic mass is 32.2. The van der Waals surface area contributed by atoms with Gasteiger partial charge >= 0.3 is 0 Å². The lowest BCUT2D eigenvalue weighted by molar-refractivity contribution is 0.102. The molecule has 6 nitrogen and oxygen atoms in total. The number of fused-ring (bicyclic) bond motifs is 1. The van der Waals surface area contributed by atoms with Crippen LogP contribution in [-0.4, -0.2) is 36.7 Å². The first kappa shape index (κ1) is 20.1. The van der Waals surface area contributed by atoms with Gasteiger partial charge in [-0.25, -0.2) is 8.42 Å². The summed E-state index contributed by atoms with van der Waals surface area (Å²) in [6, 6.07) is 12.6. The second-order valence-electron chi connectivity index (χ2n) is 6.73. The Morgan fingerprint density at radius 2 is 1.75 bits per heavy atom. The van der Waals surface area contributed by atoms with Crippen LogP contribution in [0.3, 0.4) is 0 Å². The van der Waals surface area contributed by atoms with Crippen molar-refractivity contribution in [2.45, 2.75) is 32.6 Å². The van der Waals surface area contributed by atoms with Gasteiger partial charge in [0.15, 0.2) is 0 Å². The number of benzene rings is 2. The van der Waals surface area contributed by atoms with E-state index in [1.807, 2.05) is 38.1 Å². The van der Waals surface area contributed by atoms with E-state index < -0.39 is 10.0 Å². The Morgan fingerprint density at radius 3 is 2.39 bits per heavy atom. The van der Waals surface area contributed by atoms with Gasteiger partial charge in [0.2, 0.25) is 10.0 Å². The summed E-state index contributed by atoms with van der Waals surface area (Å²) in [5, 5.41) is 3.81. The number of nitrogens with one attached hydrogen (secondary N) is 2. The highest BCUT2D eigenvalue weighted by Crippen LogP contribution is 2.27. The summed E-state index contributed by atoms with van der Waals surface area (Å²) < 4.78 is 27.2. The van der Waals surface area contributed by atoms with Crippen LogP contribution in [0.1, 0.15) is 35.5 Å². The number of para-hydroxylation sites is 1. The highest BCUT2D eigenvalue weighted by molar-refractivity contribution is 7.89. The monoisotopic (exact) mass is 399 g/mol. The molecule has 0 saturated carbocycles. The number of carbonyl (C=O) groups excluding carboxylic acids is 1. The third-order valence-corrected chi connectivity index (χ3v) is 7.03. The Hall–Kier alpha value is -2.64. The van der Waals surface area contributed by atoms with Gasteiger partial charge in [0.25, 0.3) is 5.91 Å². The van der Waals surface area contributed by atoms with Crippen LogP contribution in [0, 0.1) is 13.8 Å². The Kier molecular flexibility index (Phi) is 5.58. The predicted octanol–water partition coefficient (Wildman–Crippen LogP) is 4.07. The molecule has 0 fully saturated rings. The average molecular weight is 400 g/mol. The zero-order valence-corrected chi connectivity index (χ0v) is 17.4. The van der Waals surface area contributed by atoms with Gasteiger partial charge in [0.05, 0.1) is 4.90 Å². The largest absolute Gasteiger partial charge is 0.351 e. The Balaban J connectivity index is 1.97. The molecule has 1 heterocycles. The molecule has 148 valence electrons. The van der Waals surface area contributed by atoms with Crippen molar-refractivity contribution in [1.29, 1.82) is 0 Å². The number of aromatic amines is 1. The molecule has 1 aromatic heterocycles. The van der Waals surface area contributed by atoms with Gasteiger partial charge in [-0.1, -0.05) is 32.0 Å². The van der Waals surface area contributed by atoms with Crippen LogP contribution in [-0.2, 0) is 10.0 Å². The average Bonchev–Trinajstić information content (AvgIpc) is 3.10. The number of nitrogens with zero attached hydrogens (tertiary/aromatic N) is 1. The molecule has 0 aliphatic carbocycles. The summed E-state index contributed by atoms with van der Waals surface area (Å²) in [7, 11) is -3.61. The van der Waals surface area contributed by atoms with E-state index >= 15 is 0 Å². The number of rotatable bonds is 6. The predicted molar refractivity (Wildman–Crippen MR) is 112 cm³/mol. The van der Waals surface area contributed by atoms with Crippen molar-refractivity contribution in [3.8, 4) is 0 Å². The summed E-state index contributed by atoms with van der Waals surface area (Å²) in [6.45, 7) is 8.10. The van der Waals surface area contributed by atoms with Crippen LogP contribution in [0.5, 0.6) is 0 Å². The van der Waals surface area contributed by atoms with Crippen LogP contribution in [0.4, 0.5) is 5.69 Å². The summed E-state index contributed by atoms with van der Waals surface area (Å²) in [5.41, 5.74) is 3.44. The first-order valence-electron chi connectivity index (χ1n) is 9.28. The van der Waals surface area contributed by atoms with Crippen LogP contribution < -0.4 is 5.32 Å². The fraction of sp³-hybridized carbons (Fsp3) is 0.286. The van der Waals surface area contributed by atoms with E-state index in [0.717, 1.165) is 22.0 Å². The van der Waals surface area contributed by atoms with Crippen molar-refractivity contribution in [3.63, 3.8) is 0 Å². The first-order chi connectivity index (χ1) is 13.3. The van der Waals surface area contributed by atoms with Gasteiger partial charge in [0.1, 0.15) is 5.69 Å². The standard InChI is InChI=1S/C21H25N3O3S/c1-5-24(6-2)28(26,27)17-11-14(3)15(4)19(13-17)23-21(25)20-12-16-9-7-8-10-18(16)22-20/h7-13,22H,5-6H2,1-4H3,(H,23,25). The Bertz CT molecular complexity index is 1100. The minimum atomic E-state index is -3.61. The molecule has 0 aliphatic heterocycles. The number of carbonyl (C=O) groups is 1. The van der Waals surface area contributed by atoms with Gasteiger partial charge in [-0.15, -0.1) is 0 Å². The van der Waals surface area contributed by atoms with Crippen molar-refractivity contribution in [2.24, 2.45) is 0 Å². The van der Waals surface area contributed by atoms with Crippen LogP contribution in [0.25, 0.3) is 10.9 Å². The van der Waals surface area contributed by atoms with Crippen LogP contribution >= 0.6 is 0 Å². The minimum absolute atomic E-state index is 0.186. The lowest BCUT2D eigenvalue weighted by atomic mass is 10.1. The molecular weight excluding hydrogens is 374 g/mol. The third-order valence-electron chi connectivity index (χ3n) is 5.01.